The van der Waals surface area contributed by atoms with Gasteiger partial charge in [-0.25, -0.2) is 0 Å². The quantitative estimate of drug-likeness (QED) is 0.345. The molecule has 5 radical (unpaired) electrons. The monoisotopic (exact) mass is 605 g/mol. The molecule has 0 N–H and O–H groups in total. The van der Waals surface area contributed by atoms with Gasteiger partial charge >= 0.3 is 0 Å². The van der Waals surface area contributed by atoms with Gasteiger partial charge in [0, 0.05) is 164 Å². The molecule has 0 spiro atoms. The van der Waals surface area contributed by atoms with E-state index in [4.69, 9.17) is 0 Å². The molecule has 0 saturated heterocycles. The van der Waals surface area contributed by atoms with Gasteiger partial charge in [-0.3, -0.25) is 0 Å². The molecule has 6 heteroatoms. The van der Waals surface area contributed by atoms with Crippen LogP contribution >= 0.6 is 0 Å². The van der Waals surface area contributed by atoms with Crippen LogP contribution < -0.4 is 0 Å². The molecule has 0 heterocycles. The first kappa shape index (κ1) is 42.8. The molecule has 0 amide bonds. The maximum atomic E-state index is 4.68. The van der Waals surface area contributed by atoms with Crippen LogP contribution in [-0.4, -0.2) is 5.75 Å². The molecule has 0 unspecified atom stereocenters. The second kappa shape index (κ2) is 36.8. The Morgan fingerprint density at radius 1 is 0.800 bits per heavy atom. The van der Waals surface area contributed by atoms with Crippen LogP contribution in [-0.2, 0) is 176 Å². The summed E-state index contributed by atoms with van der Waals surface area (Å²) in [5.74, 6) is 2.36. The van der Waals surface area contributed by atoms with E-state index in [2.05, 4.69) is 47.2 Å². The zero-order valence-electron chi connectivity index (χ0n) is 10.6. The van der Waals surface area contributed by atoms with Gasteiger partial charge < -0.3 is 19.6 Å². The van der Waals surface area contributed by atoms with E-state index in [1.54, 1.807) is 0 Å². The second-order valence-corrected chi connectivity index (χ2v) is 3.58. The van der Waals surface area contributed by atoms with Gasteiger partial charge in [0.25, 0.3) is 0 Å². The summed E-state index contributed by atoms with van der Waals surface area (Å²) in [6.45, 7) is 12.2. The Morgan fingerprint density at radius 3 is 0.933 bits per heavy atom. The third-order valence-corrected chi connectivity index (χ3v) is 1.58. The average Bonchev–Trinajstić information content (AvgIpc) is 1.89. The van der Waals surface area contributed by atoms with Gasteiger partial charge in [0.05, 0.1) is 0 Å². The molecule has 0 fully saturated rings. The van der Waals surface area contributed by atoms with Gasteiger partial charge in [0.1, 0.15) is 0 Å². The molecule has 0 aliphatic carbocycles. The Kier molecular flexibility index (Phi) is 105. The van der Waals surface area contributed by atoms with Crippen LogP contribution in [0.2, 0.25) is 0 Å². The van der Waals surface area contributed by atoms with Crippen molar-refractivity contribution >= 4 is 12.6 Å². The van der Waals surface area contributed by atoms with Crippen LogP contribution in [0.5, 0.6) is 0 Å². The van der Waals surface area contributed by atoms with Crippen LogP contribution in [0.15, 0.2) is 0 Å². The first-order valence-corrected chi connectivity index (χ1v) is 4.49. The van der Waals surface area contributed by atoms with Crippen LogP contribution in [0.1, 0.15) is 34.1 Å². The minimum atomic E-state index is 0. The molecule has 0 aliphatic heterocycles. The van der Waals surface area contributed by atoms with Gasteiger partial charge in [-0.2, -0.15) is 12.2 Å². The van der Waals surface area contributed by atoms with Crippen molar-refractivity contribution in [1.82, 2.24) is 0 Å². The standard InChI is InChI=1S/C5H11.C4H10S.5Y/c1-4-5(2)3;1-4(2)3-5;;;;;/h5H,1,4H2,2-3H3;4-5H,3H2,1-2H3;;;;;/q-1;;;;;;/p-1. The number of hydrogen-bond donors (Lipinski definition) is 0. The van der Waals surface area contributed by atoms with Crippen molar-refractivity contribution in [2.75, 3.05) is 5.75 Å². The maximum Gasteiger partial charge on any atom is 0 e. The van der Waals surface area contributed by atoms with Crippen molar-refractivity contribution < 1.29 is 164 Å². The molecule has 0 nitrogen and oxygen atoms in total. The summed E-state index contributed by atoms with van der Waals surface area (Å²) < 4.78 is 0. The van der Waals surface area contributed by atoms with E-state index >= 15 is 0 Å². The normalized spacial score (nSPS) is 6.40. The summed E-state index contributed by atoms with van der Waals surface area (Å²) in [5.41, 5.74) is 0. The van der Waals surface area contributed by atoms with Gasteiger partial charge in [-0.05, 0) is 0 Å². The molecular formula is C9H20SY5-2. The minimum Gasteiger partial charge on any atom is -0.792 e. The predicted molar refractivity (Wildman–Crippen MR) is 51.9 cm³/mol. The third-order valence-electron chi connectivity index (χ3n) is 0.911. The van der Waals surface area contributed by atoms with Crippen molar-refractivity contribution in [1.29, 1.82) is 0 Å². The Morgan fingerprint density at radius 2 is 0.933 bits per heavy atom. The van der Waals surface area contributed by atoms with Crippen LogP contribution in [0.25, 0.3) is 0 Å². The van der Waals surface area contributed by atoms with Crippen molar-refractivity contribution in [3.63, 3.8) is 0 Å². The largest absolute Gasteiger partial charge is 0.792 e. The van der Waals surface area contributed by atoms with Gasteiger partial charge in [-0.1, -0.05) is 39.5 Å². The predicted octanol–water partition coefficient (Wildman–Crippen LogP) is 3.04. The van der Waals surface area contributed by atoms with Crippen LogP contribution in [0.3, 0.4) is 0 Å². The van der Waals surface area contributed by atoms with Crippen LogP contribution in [0, 0.1) is 18.8 Å². The molecular weight excluding hydrogens is 585 g/mol. The smallest absolute Gasteiger partial charge is 0 e. The Labute approximate surface area is 229 Å². The molecule has 0 bridgehead atoms. The average molecular weight is 605 g/mol. The fourth-order valence-corrected chi connectivity index (χ4v) is 0. The van der Waals surface area contributed by atoms with E-state index in [1.165, 1.54) is 0 Å². The fraction of sp³-hybridized carbons (Fsp3) is 0.889. The van der Waals surface area contributed by atoms with Gasteiger partial charge in [0.2, 0.25) is 0 Å². The molecule has 0 aliphatic rings. The zero-order chi connectivity index (χ0) is 8.57. The van der Waals surface area contributed by atoms with E-state index in [0.29, 0.717) is 5.92 Å². The fourth-order valence-electron chi connectivity index (χ4n) is 0. The maximum absolute atomic E-state index is 4.68. The second-order valence-electron chi connectivity index (χ2n) is 3.24. The Hall–Kier alpha value is 5.87. The number of hydrogen-bond acceptors (Lipinski definition) is 1. The molecule has 0 aromatic carbocycles. The van der Waals surface area contributed by atoms with Crippen molar-refractivity contribution in [3.05, 3.63) is 6.92 Å². The summed E-state index contributed by atoms with van der Waals surface area (Å²) >= 11 is 4.68. The molecule has 0 aromatic rings. The first-order chi connectivity index (χ1) is 4.54. The van der Waals surface area contributed by atoms with E-state index < -0.39 is 0 Å². The van der Waals surface area contributed by atoms with Crippen molar-refractivity contribution in [2.24, 2.45) is 11.8 Å². The topological polar surface area (TPSA) is 0 Å². The molecule has 0 aromatic heterocycles. The first-order valence-electron chi connectivity index (χ1n) is 3.91. The minimum absolute atomic E-state index is 0. The van der Waals surface area contributed by atoms with E-state index in [-0.39, 0.29) is 164 Å². The SMILES string of the molecule is CC(C)C[S-].[CH2-]CC(C)C.[Y].[Y].[Y].[Y].[Y]. The van der Waals surface area contributed by atoms with Crippen LogP contribution in [0.4, 0.5) is 0 Å². The summed E-state index contributed by atoms with van der Waals surface area (Å²) in [6, 6.07) is 0. The Bertz CT molecular complexity index is 54.5. The molecule has 0 atom stereocenters. The summed E-state index contributed by atoms with van der Waals surface area (Å²) in [4.78, 5) is 0. The van der Waals surface area contributed by atoms with E-state index in [1.807, 2.05) is 0 Å². The zero-order valence-corrected chi connectivity index (χ0v) is 25.6. The molecule has 15 heavy (non-hydrogen) atoms. The van der Waals surface area contributed by atoms with Gasteiger partial charge in [-0.15, -0.1) is 0 Å². The summed E-state index contributed by atoms with van der Waals surface area (Å²) in [6.07, 6.45) is 1.06. The molecule has 0 saturated carbocycles. The van der Waals surface area contributed by atoms with Crippen molar-refractivity contribution in [3.8, 4) is 0 Å². The van der Waals surface area contributed by atoms with Gasteiger partial charge in [0.15, 0.2) is 0 Å². The number of rotatable bonds is 2. The third kappa shape index (κ3) is 65.1. The summed E-state index contributed by atoms with van der Waals surface area (Å²) in [7, 11) is 0. The van der Waals surface area contributed by atoms with E-state index in [9.17, 15) is 0 Å². The molecule has 79 valence electrons. The summed E-state index contributed by atoms with van der Waals surface area (Å²) in [5, 5.41) is 0. The van der Waals surface area contributed by atoms with E-state index in [0.717, 1.165) is 18.1 Å². The molecule has 0 rings (SSSR count). The van der Waals surface area contributed by atoms with Crippen molar-refractivity contribution in [2.45, 2.75) is 34.1 Å². The Balaban J connectivity index is -0.0000000128.